The van der Waals surface area contributed by atoms with E-state index in [1.807, 2.05) is 0 Å². The average Bonchev–Trinajstić information content (AvgIpc) is 1.76. The highest BCUT2D eigenvalue weighted by Crippen LogP contribution is 2.43. The molecule has 0 bridgehead atoms. The van der Waals surface area contributed by atoms with Crippen LogP contribution in [0, 0.1) is 0 Å². The summed E-state index contributed by atoms with van der Waals surface area (Å²) < 4.78 is 161. The smallest absolute Gasteiger partial charge is 0.187 e. The minimum atomic E-state index is -2.30. The van der Waals surface area contributed by atoms with Gasteiger partial charge in [0.1, 0.15) is 256 Å². The van der Waals surface area contributed by atoms with Gasteiger partial charge in [0, 0.05) is 0 Å². The van der Waals surface area contributed by atoms with Crippen molar-refractivity contribution < 1.29 is 281 Å². The van der Waals surface area contributed by atoms with Gasteiger partial charge in [-0.15, -0.1) is 0 Å². The first-order valence-corrected chi connectivity index (χ1v) is 41.0. The van der Waals surface area contributed by atoms with Crippen molar-refractivity contribution in [3.63, 3.8) is 0 Å². The van der Waals surface area contributed by atoms with Crippen LogP contribution in [0.3, 0.4) is 0 Å². The van der Waals surface area contributed by atoms with Crippen LogP contribution in [0.2, 0.25) is 0 Å². The third-order valence-corrected chi connectivity index (χ3v) is 24.3. The molecule has 0 aromatic rings. The van der Waals surface area contributed by atoms with Crippen LogP contribution in [0.25, 0.3) is 0 Å². The Labute approximate surface area is 716 Å². The van der Waals surface area contributed by atoms with Gasteiger partial charge in [-0.2, -0.15) is 0 Å². The van der Waals surface area contributed by atoms with Crippen molar-refractivity contribution in [2.75, 3.05) is 92.5 Å². The van der Waals surface area contributed by atoms with E-state index in [-0.39, 0.29) is 0 Å². The molecule has 14 saturated heterocycles. The Kier molecular flexibility index (Phi) is 34.6. The molecule has 0 spiro atoms. The molecule has 57 nitrogen and oxygen atoms in total. The molecule has 0 saturated carbocycles. The number of hydrogen-bond donors (Lipinski definition) is 30. The number of rotatable bonds is 32. The van der Waals surface area contributed by atoms with Gasteiger partial charge in [0.2, 0.25) is 0 Å². The highest BCUT2D eigenvalue weighted by Gasteiger charge is 2.62. The van der Waals surface area contributed by atoms with Gasteiger partial charge in [0.05, 0.1) is 92.5 Å². The van der Waals surface area contributed by atoms with Crippen LogP contribution in [-0.2, 0) is 128 Å². The van der Waals surface area contributed by atoms with Crippen molar-refractivity contribution in [2.24, 2.45) is 0 Å². The van der Waals surface area contributed by atoms with Crippen LogP contribution < -0.4 is 0 Å². The lowest BCUT2D eigenvalue weighted by Gasteiger charge is -2.49. The van der Waals surface area contributed by atoms with Crippen molar-refractivity contribution in [2.45, 2.75) is 344 Å². The topological polar surface area (TPSA) is 856 Å². The third-order valence-electron chi connectivity index (χ3n) is 24.3. The Morgan fingerprint density at radius 3 is 0.591 bits per heavy atom. The molecule has 56 atom stereocenters. The van der Waals surface area contributed by atoms with Crippen LogP contribution >= 0.6 is 0 Å². The molecule has 57 heteroatoms. The standard InChI is InChI=1S/C70H114O57/c71-1-16-30(79)45(94)62(109-16)122-51-26(119-58-41(90)29(78)15(77)7-102-58)12-106-68(54(51)125-65-48(97)33(82)19(4-74)112-65)117-25-11-104-60(43(92)39(25)88)116-23-9-105-61(44(93)37(23)86)120-27-13-108-70(56(127-67-50(99)35(84)21(6-76)114-67)52(27)123-63-46(95)31(80)17(2-72)110-63)121-28-14-107-69(118-24-10-103-59(42(91)38(24)87)115-22-8-101-57(100)40(89)36(22)85)55(126-66-49(98)34(83)20(5-75)113-66)53(28)124-64-47(96)32(81)18(3-73)111-64/h15-100H,1-14H2/t15-,16+,17+,18+,19+,20+,21+,22-,23-,24-,25-,26-,27-,28-,29+,30+,31+,32+,33+,34+,35+,36+,37+,38+,39+,40-,41-,42-,43-,44-,45-,46-,47-,48-,49-,50-,51+,52+,53+,54-,55-,56-,57?,58+,59+,60+,61+,62+,63+,64+,65+,66+,67+,68+,69+,70+/m1/s1. The Bertz CT molecular complexity index is 3350. The van der Waals surface area contributed by atoms with Gasteiger partial charge in [0.25, 0.3) is 0 Å². The molecule has 127 heavy (non-hydrogen) atoms. The molecule has 1 unspecified atom stereocenters. The molecular formula is C70H114O57. The highest BCUT2D eigenvalue weighted by molar-refractivity contribution is 5.03. The van der Waals surface area contributed by atoms with E-state index in [4.69, 9.17) is 128 Å². The molecule has 0 aromatic heterocycles. The van der Waals surface area contributed by atoms with Crippen molar-refractivity contribution in [3.8, 4) is 0 Å². The van der Waals surface area contributed by atoms with Gasteiger partial charge in [0.15, 0.2) is 88.1 Å². The fraction of sp³-hybridized carbons (Fsp3) is 1.00. The summed E-state index contributed by atoms with van der Waals surface area (Å²) in [6.07, 6.45) is -107. The minimum Gasteiger partial charge on any atom is -0.394 e. The second-order valence-electron chi connectivity index (χ2n) is 32.7. The first-order chi connectivity index (χ1) is 60.6. The summed E-state index contributed by atoms with van der Waals surface area (Å²) in [5, 5.41) is 328. The second-order valence-corrected chi connectivity index (χ2v) is 32.7. The highest BCUT2D eigenvalue weighted by atomic mass is 16.8. The third kappa shape index (κ3) is 21.2. The summed E-state index contributed by atoms with van der Waals surface area (Å²) in [5.74, 6) is 0. The summed E-state index contributed by atoms with van der Waals surface area (Å²) in [4.78, 5) is 0. The fourth-order valence-corrected chi connectivity index (χ4v) is 16.7. The Hall–Kier alpha value is -2.28. The molecule has 14 fully saturated rings. The Morgan fingerprint density at radius 1 is 0.157 bits per heavy atom. The van der Waals surface area contributed by atoms with E-state index in [0.29, 0.717) is 0 Å². The maximum Gasteiger partial charge on any atom is 0.187 e. The lowest BCUT2D eigenvalue weighted by molar-refractivity contribution is -0.398. The van der Waals surface area contributed by atoms with E-state index < -0.39 is 437 Å². The number of ether oxygens (including phenoxy) is 27. The van der Waals surface area contributed by atoms with Crippen molar-refractivity contribution >= 4 is 0 Å². The first kappa shape index (κ1) is 101. The number of aliphatic hydroxyl groups is 30. The quantitative estimate of drug-likeness (QED) is 0.0297. The Balaban J connectivity index is 0.706. The largest absolute Gasteiger partial charge is 0.394 e. The molecule has 30 N–H and O–H groups in total. The average molecular weight is 1870 g/mol. The van der Waals surface area contributed by atoms with Gasteiger partial charge >= 0.3 is 0 Å². The predicted octanol–water partition coefficient (Wildman–Crippen LogP) is -22.6. The van der Waals surface area contributed by atoms with E-state index in [1.165, 1.54) is 0 Å². The zero-order valence-electron chi connectivity index (χ0n) is 66.7. The van der Waals surface area contributed by atoms with Crippen molar-refractivity contribution in [1.29, 1.82) is 0 Å². The fourth-order valence-electron chi connectivity index (χ4n) is 16.7. The minimum absolute atomic E-state index is 0.549. The maximum atomic E-state index is 12.0. The van der Waals surface area contributed by atoms with Crippen LogP contribution in [0.5, 0.6) is 0 Å². The van der Waals surface area contributed by atoms with Crippen molar-refractivity contribution in [1.82, 2.24) is 0 Å². The summed E-state index contributed by atoms with van der Waals surface area (Å²) in [7, 11) is 0. The zero-order valence-corrected chi connectivity index (χ0v) is 66.7. The summed E-state index contributed by atoms with van der Waals surface area (Å²) >= 11 is 0. The molecule has 0 aliphatic carbocycles. The zero-order chi connectivity index (χ0) is 91.3. The van der Waals surface area contributed by atoms with Gasteiger partial charge in [-0.3, -0.25) is 0 Å². The van der Waals surface area contributed by atoms with Crippen LogP contribution in [0.15, 0.2) is 0 Å². The van der Waals surface area contributed by atoms with Crippen LogP contribution in [-0.4, -0.2) is 590 Å². The van der Waals surface area contributed by atoms with Gasteiger partial charge < -0.3 is 281 Å². The molecule has 0 amide bonds. The van der Waals surface area contributed by atoms with Crippen molar-refractivity contribution in [3.05, 3.63) is 0 Å². The lowest BCUT2D eigenvalue weighted by atomic mass is 10.00. The summed E-state index contributed by atoms with van der Waals surface area (Å²) in [6.45, 7) is -11.7. The molecular weight excluding hydrogens is 1750 g/mol. The second kappa shape index (κ2) is 43.6. The molecule has 14 rings (SSSR count). The summed E-state index contributed by atoms with van der Waals surface area (Å²) in [6, 6.07) is 0. The van der Waals surface area contributed by atoms with Gasteiger partial charge in [-0.05, 0) is 0 Å². The van der Waals surface area contributed by atoms with Crippen LogP contribution in [0.4, 0.5) is 0 Å². The molecule has 0 aromatic carbocycles. The van der Waals surface area contributed by atoms with Gasteiger partial charge in [-0.1, -0.05) is 0 Å². The van der Waals surface area contributed by atoms with E-state index in [1.54, 1.807) is 0 Å². The van der Waals surface area contributed by atoms with E-state index >= 15 is 0 Å². The maximum absolute atomic E-state index is 12.0. The predicted molar refractivity (Wildman–Crippen MR) is 376 cm³/mol. The Morgan fingerprint density at radius 2 is 0.339 bits per heavy atom. The lowest BCUT2D eigenvalue weighted by Crippen LogP contribution is -2.66. The number of aliphatic hydroxyl groups excluding tert-OH is 30. The SMILES string of the molecule is OC[C@@H]1O[C@@H](O[C@@H]2[C@@H](O[C@@H]3O[C@@H](CO)[C@H](O)[C@H]3O)[C@H](O[C@@H]3CO[C@@H](O[C@@H]4CO[C@@H](O[C@@H]5CO[C@@H](O[C@@H]6CO[C@@H](O[C@@H]7CO[C@@H](O[C@@H]8COC(O)[C@H](O)[C@H]8O)[C@H](O)[C@H]7O)[C@H](O[C@@H]7O[C@@H](CO)[C@H](O)[C@H]7O)[C@H]6O[C@@H]6O[C@@H](CO)[C@H](O)[C@H]6O)[C@H](O[C@@H]6O[C@@H](CO)[C@H](O)[C@H]6O)[C@H]5O[C@@H]5O[C@@H](CO)[C@H](O)[C@H]5O)[C@H](O)[C@H]4O)[C@H](O)[C@H]3O)OC[C@H]2O[C@@H]2OC[C@@H](O)[C@H](O)[C@H]2O)[C@H](O)[C@H]1O. The molecule has 14 heterocycles. The monoisotopic (exact) mass is 1870 g/mol. The van der Waals surface area contributed by atoms with Gasteiger partial charge in [-0.25, -0.2) is 0 Å². The normalized spacial score (nSPS) is 54.3. The molecule has 14 aliphatic heterocycles. The van der Waals surface area contributed by atoms with E-state index in [0.717, 1.165) is 0 Å². The van der Waals surface area contributed by atoms with E-state index in [9.17, 15) is 153 Å². The number of hydrogen-bond acceptors (Lipinski definition) is 57. The molecule has 0 radical (unpaired) electrons. The summed E-state index contributed by atoms with van der Waals surface area (Å²) in [5.41, 5.74) is 0. The first-order valence-electron chi connectivity index (χ1n) is 41.0. The van der Waals surface area contributed by atoms with E-state index in [2.05, 4.69) is 0 Å². The van der Waals surface area contributed by atoms with Crippen LogP contribution in [0.1, 0.15) is 0 Å². The molecule has 736 valence electrons. The molecule has 14 aliphatic rings.